The predicted octanol–water partition coefficient (Wildman–Crippen LogP) is 2.63. The molecule has 0 spiro atoms. The van der Waals surface area contributed by atoms with Gasteiger partial charge in [0.25, 0.3) is 5.91 Å². The summed E-state index contributed by atoms with van der Waals surface area (Å²) in [5.74, 6) is 0.662. The quantitative estimate of drug-likeness (QED) is 0.693. The summed E-state index contributed by atoms with van der Waals surface area (Å²) >= 11 is 0. The molecule has 0 saturated heterocycles. The van der Waals surface area contributed by atoms with Crippen LogP contribution in [0.5, 0.6) is 17.2 Å². The highest BCUT2D eigenvalue weighted by Gasteiger charge is 2.20. The average molecular weight is 371 g/mol. The van der Waals surface area contributed by atoms with Crippen molar-refractivity contribution < 1.29 is 28.9 Å². The number of hydrogen-bond acceptors (Lipinski definition) is 5. The zero-order valence-corrected chi connectivity index (χ0v) is 14.8. The van der Waals surface area contributed by atoms with Gasteiger partial charge in [0.2, 0.25) is 0 Å². The van der Waals surface area contributed by atoms with Crippen LogP contribution in [0.1, 0.15) is 28.8 Å². The number of hydrogen-bond donors (Lipinski definition) is 2. The number of para-hydroxylation sites is 1. The summed E-state index contributed by atoms with van der Waals surface area (Å²) in [7, 11) is 0. The lowest BCUT2D eigenvalue weighted by atomic mass is 10.1. The van der Waals surface area contributed by atoms with Crippen LogP contribution in [0.2, 0.25) is 0 Å². The van der Waals surface area contributed by atoms with Gasteiger partial charge in [-0.1, -0.05) is 18.2 Å². The van der Waals surface area contributed by atoms with Gasteiger partial charge >= 0.3 is 5.97 Å². The number of rotatable bonds is 8. The van der Waals surface area contributed by atoms with Crippen molar-refractivity contribution in [2.24, 2.45) is 0 Å². The number of carboxylic acid groups (broad SMARTS) is 1. The van der Waals surface area contributed by atoms with Gasteiger partial charge in [-0.2, -0.15) is 0 Å². The third-order valence-electron chi connectivity index (χ3n) is 3.99. The first kappa shape index (κ1) is 18.6. The molecule has 27 heavy (non-hydrogen) atoms. The van der Waals surface area contributed by atoms with Crippen LogP contribution < -0.4 is 19.5 Å². The molecule has 0 fully saturated rings. The average Bonchev–Trinajstić information content (AvgIpc) is 2.69. The third kappa shape index (κ3) is 5.13. The van der Waals surface area contributed by atoms with E-state index in [4.69, 9.17) is 19.3 Å². The molecule has 142 valence electrons. The Morgan fingerprint density at radius 1 is 1.07 bits per heavy atom. The summed E-state index contributed by atoms with van der Waals surface area (Å²) in [6.07, 6.45) is 0.544. The second kappa shape index (κ2) is 8.93. The van der Waals surface area contributed by atoms with Crippen molar-refractivity contribution in [1.29, 1.82) is 0 Å². The van der Waals surface area contributed by atoms with Crippen molar-refractivity contribution in [3.8, 4) is 17.2 Å². The van der Waals surface area contributed by atoms with Crippen LogP contribution in [0.3, 0.4) is 0 Å². The van der Waals surface area contributed by atoms with Crippen molar-refractivity contribution in [3.63, 3.8) is 0 Å². The van der Waals surface area contributed by atoms with Crippen LogP contribution >= 0.6 is 0 Å². The van der Waals surface area contributed by atoms with Crippen molar-refractivity contribution in [2.75, 3.05) is 19.8 Å². The van der Waals surface area contributed by atoms with E-state index in [0.717, 1.165) is 5.56 Å². The van der Waals surface area contributed by atoms with Gasteiger partial charge in [0, 0.05) is 13.0 Å². The Morgan fingerprint density at radius 2 is 1.85 bits per heavy atom. The molecule has 0 unspecified atom stereocenters. The van der Waals surface area contributed by atoms with E-state index in [9.17, 15) is 9.59 Å². The smallest absolute Gasteiger partial charge is 0.303 e. The Kier molecular flexibility index (Phi) is 6.14. The Balaban J connectivity index is 1.51. The van der Waals surface area contributed by atoms with E-state index >= 15 is 0 Å². The SMILES string of the molecule is O=C(O)CCCOc1ccc(CNC(=O)c2cccc3c2OCCO3)cc1. The minimum Gasteiger partial charge on any atom is -0.494 e. The molecule has 0 atom stereocenters. The van der Waals surface area contributed by atoms with Crippen LogP contribution in [0, 0.1) is 0 Å². The fraction of sp³-hybridized carbons (Fsp3) is 0.300. The Bertz CT molecular complexity index is 803. The molecule has 1 heterocycles. The Hall–Kier alpha value is -3.22. The highest BCUT2D eigenvalue weighted by Crippen LogP contribution is 2.33. The van der Waals surface area contributed by atoms with Crippen LogP contribution in [-0.4, -0.2) is 36.8 Å². The summed E-state index contributed by atoms with van der Waals surface area (Å²) in [4.78, 5) is 22.9. The molecule has 2 aromatic carbocycles. The van der Waals surface area contributed by atoms with Crippen molar-refractivity contribution in [3.05, 3.63) is 53.6 Å². The molecule has 1 aliphatic heterocycles. The van der Waals surface area contributed by atoms with Crippen molar-refractivity contribution >= 4 is 11.9 Å². The number of carboxylic acids is 1. The molecule has 0 saturated carbocycles. The molecule has 7 heteroatoms. The van der Waals surface area contributed by atoms with E-state index in [0.29, 0.717) is 55.6 Å². The standard InChI is InChI=1S/C20H21NO6/c22-18(23)5-2-10-25-15-8-6-14(7-9-15)13-21-20(24)16-3-1-4-17-19(16)27-12-11-26-17/h1,3-4,6-9H,2,5,10-13H2,(H,21,24)(H,22,23). The van der Waals surface area contributed by atoms with Gasteiger partial charge in [-0.3, -0.25) is 9.59 Å². The predicted molar refractivity (Wildman–Crippen MR) is 97.4 cm³/mol. The monoisotopic (exact) mass is 371 g/mol. The van der Waals surface area contributed by atoms with Gasteiger partial charge in [0.05, 0.1) is 12.2 Å². The number of benzene rings is 2. The van der Waals surface area contributed by atoms with E-state index in [1.165, 1.54) is 0 Å². The summed E-state index contributed by atoms with van der Waals surface area (Å²) < 4.78 is 16.5. The highest BCUT2D eigenvalue weighted by atomic mass is 16.6. The maximum Gasteiger partial charge on any atom is 0.303 e. The van der Waals surface area contributed by atoms with Gasteiger partial charge < -0.3 is 24.6 Å². The summed E-state index contributed by atoms with van der Waals surface area (Å²) in [5, 5.41) is 11.5. The zero-order valence-electron chi connectivity index (χ0n) is 14.8. The van der Waals surface area contributed by atoms with E-state index in [1.807, 2.05) is 12.1 Å². The molecular formula is C20H21NO6. The number of carbonyl (C=O) groups excluding carboxylic acids is 1. The third-order valence-corrected chi connectivity index (χ3v) is 3.99. The van der Waals surface area contributed by atoms with Crippen LogP contribution in [0.25, 0.3) is 0 Å². The zero-order chi connectivity index (χ0) is 19.1. The maximum atomic E-state index is 12.5. The summed E-state index contributed by atoms with van der Waals surface area (Å²) in [6, 6.07) is 12.5. The minimum atomic E-state index is -0.832. The normalized spacial score (nSPS) is 12.3. The molecule has 1 amide bonds. The van der Waals surface area contributed by atoms with Crippen LogP contribution in [-0.2, 0) is 11.3 Å². The van der Waals surface area contributed by atoms with Gasteiger partial charge in [-0.15, -0.1) is 0 Å². The Labute approximate surface area is 156 Å². The van der Waals surface area contributed by atoms with E-state index < -0.39 is 5.97 Å². The number of nitrogens with one attached hydrogen (secondary N) is 1. The number of fused-ring (bicyclic) bond motifs is 1. The molecule has 1 aliphatic rings. The largest absolute Gasteiger partial charge is 0.494 e. The fourth-order valence-corrected chi connectivity index (χ4v) is 2.65. The lowest BCUT2D eigenvalue weighted by molar-refractivity contribution is -0.137. The van der Waals surface area contributed by atoms with E-state index in [-0.39, 0.29) is 12.3 Å². The molecule has 0 bridgehead atoms. The van der Waals surface area contributed by atoms with E-state index in [2.05, 4.69) is 5.32 Å². The first-order chi connectivity index (χ1) is 13.1. The van der Waals surface area contributed by atoms with Crippen molar-refractivity contribution in [1.82, 2.24) is 5.32 Å². The van der Waals surface area contributed by atoms with Gasteiger partial charge in [0.15, 0.2) is 11.5 Å². The lowest BCUT2D eigenvalue weighted by Gasteiger charge is -2.20. The van der Waals surface area contributed by atoms with E-state index in [1.54, 1.807) is 30.3 Å². The number of carbonyl (C=O) groups is 2. The summed E-state index contributed by atoms with van der Waals surface area (Å²) in [5.41, 5.74) is 1.37. The lowest BCUT2D eigenvalue weighted by Crippen LogP contribution is -2.25. The molecule has 0 aliphatic carbocycles. The molecule has 2 aromatic rings. The molecule has 0 radical (unpaired) electrons. The maximum absolute atomic E-state index is 12.5. The first-order valence-corrected chi connectivity index (χ1v) is 8.74. The Morgan fingerprint density at radius 3 is 2.63 bits per heavy atom. The van der Waals surface area contributed by atoms with Gasteiger partial charge in [-0.25, -0.2) is 0 Å². The number of aliphatic carboxylic acids is 1. The first-order valence-electron chi connectivity index (χ1n) is 8.74. The second-order valence-electron chi connectivity index (χ2n) is 6.00. The minimum absolute atomic E-state index is 0.0854. The van der Waals surface area contributed by atoms with Crippen LogP contribution in [0.4, 0.5) is 0 Å². The topological polar surface area (TPSA) is 94.1 Å². The molecule has 2 N–H and O–H groups in total. The van der Waals surface area contributed by atoms with Crippen LogP contribution in [0.15, 0.2) is 42.5 Å². The van der Waals surface area contributed by atoms with Gasteiger partial charge in [-0.05, 0) is 36.2 Å². The molecule has 0 aromatic heterocycles. The fourth-order valence-electron chi connectivity index (χ4n) is 2.65. The second-order valence-corrected chi connectivity index (χ2v) is 6.00. The summed E-state index contributed by atoms with van der Waals surface area (Å²) in [6.45, 7) is 1.61. The van der Waals surface area contributed by atoms with Crippen molar-refractivity contribution in [2.45, 2.75) is 19.4 Å². The molecule has 7 nitrogen and oxygen atoms in total. The highest BCUT2D eigenvalue weighted by molar-refractivity contribution is 5.97. The number of ether oxygens (including phenoxy) is 3. The van der Waals surface area contributed by atoms with Gasteiger partial charge in [0.1, 0.15) is 19.0 Å². The molecular weight excluding hydrogens is 350 g/mol. The molecule has 3 rings (SSSR count). The number of amides is 1.